The topological polar surface area (TPSA) is 38.3 Å². The fourth-order valence-corrected chi connectivity index (χ4v) is 2.05. The van der Waals surface area contributed by atoms with Crippen molar-refractivity contribution in [2.75, 3.05) is 11.9 Å². The minimum atomic E-state index is -0.195. The molecular weight excluding hydrogens is 342 g/mol. The van der Waals surface area contributed by atoms with E-state index in [4.69, 9.17) is 16.3 Å². The molecule has 0 aromatic heterocycles. The molecule has 5 heteroatoms. The van der Waals surface area contributed by atoms with Gasteiger partial charge >= 0.3 is 0 Å². The van der Waals surface area contributed by atoms with Crippen LogP contribution in [0.5, 0.6) is 0 Å². The molecule has 0 aliphatic carbocycles. The SMILES string of the molecule is O=C(COCc1ccccc1Cl)Nc1ccc(Br)cc1. The maximum atomic E-state index is 11.7. The molecule has 0 heterocycles. The number of hydrogen-bond acceptors (Lipinski definition) is 2. The lowest BCUT2D eigenvalue weighted by molar-refractivity contribution is -0.121. The van der Waals surface area contributed by atoms with Crippen LogP contribution in [-0.4, -0.2) is 12.5 Å². The van der Waals surface area contributed by atoms with Gasteiger partial charge in [-0.05, 0) is 35.9 Å². The molecule has 0 bridgehead atoms. The molecule has 0 spiro atoms. The van der Waals surface area contributed by atoms with E-state index in [0.717, 1.165) is 15.7 Å². The number of nitrogens with one attached hydrogen (secondary N) is 1. The molecule has 0 saturated carbocycles. The van der Waals surface area contributed by atoms with Crippen LogP contribution in [0.25, 0.3) is 0 Å². The maximum absolute atomic E-state index is 11.7. The van der Waals surface area contributed by atoms with E-state index < -0.39 is 0 Å². The molecule has 0 fully saturated rings. The largest absolute Gasteiger partial charge is 0.367 e. The Labute approximate surface area is 131 Å². The zero-order chi connectivity index (χ0) is 14.4. The van der Waals surface area contributed by atoms with Gasteiger partial charge in [0.25, 0.3) is 0 Å². The quantitative estimate of drug-likeness (QED) is 0.871. The first-order chi connectivity index (χ1) is 9.65. The van der Waals surface area contributed by atoms with Crippen LogP contribution in [0.3, 0.4) is 0 Å². The Hall–Kier alpha value is -1.36. The van der Waals surface area contributed by atoms with E-state index in [1.165, 1.54) is 0 Å². The first kappa shape index (κ1) is 15.0. The van der Waals surface area contributed by atoms with Crippen LogP contribution in [0.4, 0.5) is 5.69 Å². The number of rotatable bonds is 5. The highest BCUT2D eigenvalue weighted by molar-refractivity contribution is 9.10. The summed E-state index contributed by atoms with van der Waals surface area (Å²) in [6.07, 6.45) is 0. The summed E-state index contributed by atoms with van der Waals surface area (Å²) in [5, 5.41) is 3.39. The lowest BCUT2D eigenvalue weighted by Crippen LogP contribution is -2.18. The zero-order valence-corrected chi connectivity index (χ0v) is 12.9. The molecule has 1 N–H and O–H groups in total. The molecule has 0 aliphatic rings. The van der Waals surface area contributed by atoms with Crippen LogP contribution < -0.4 is 5.32 Å². The lowest BCUT2D eigenvalue weighted by Gasteiger charge is -2.07. The van der Waals surface area contributed by atoms with E-state index in [-0.39, 0.29) is 12.5 Å². The molecular formula is C15H13BrClNO2. The summed E-state index contributed by atoms with van der Waals surface area (Å²) in [7, 11) is 0. The number of anilines is 1. The fraction of sp³-hybridized carbons (Fsp3) is 0.133. The average molecular weight is 355 g/mol. The number of carbonyl (C=O) groups excluding carboxylic acids is 1. The van der Waals surface area contributed by atoms with Crippen molar-refractivity contribution in [1.82, 2.24) is 0 Å². The highest BCUT2D eigenvalue weighted by atomic mass is 79.9. The standard InChI is InChI=1S/C15H13BrClNO2/c16-12-5-7-13(8-6-12)18-15(19)10-20-9-11-3-1-2-4-14(11)17/h1-8H,9-10H2,(H,18,19). The van der Waals surface area contributed by atoms with Gasteiger partial charge in [-0.25, -0.2) is 0 Å². The van der Waals surface area contributed by atoms with Gasteiger partial charge in [0.1, 0.15) is 6.61 Å². The predicted octanol–water partition coefficient (Wildman–Crippen LogP) is 4.26. The highest BCUT2D eigenvalue weighted by Crippen LogP contribution is 2.16. The van der Waals surface area contributed by atoms with Gasteiger partial charge in [-0.3, -0.25) is 4.79 Å². The first-order valence-corrected chi connectivity index (χ1v) is 7.19. The summed E-state index contributed by atoms with van der Waals surface area (Å²) in [4.78, 5) is 11.7. The number of carbonyl (C=O) groups is 1. The molecule has 0 atom stereocenters. The molecule has 0 unspecified atom stereocenters. The van der Waals surface area contributed by atoms with Gasteiger partial charge < -0.3 is 10.1 Å². The summed E-state index contributed by atoms with van der Waals surface area (Å²) in [5.41, 5.74) is 1.60. The molecule has 0 radical (unpaired) electrons. The van der Waals surface area contributed by atoms with E-state index in [1.807, 2.05) is 42.5 Å². The van der Waals surface area contributed by atoms with Crippen molar-refractivity contribution >= 4 is 39.1 Å². The Balaban J connectivity index is 1.78. The lowest BCUT2D eigenvalue weighted by atomic mass is 10.2. The second-order valence-electron chi connectivity index (χ2n) is 4.14. The number of halogens is 2. The summed E-state index contributed by atoms with van der Waals surface area (Å²) < 4.78 is 6.32. The average Bonchev–Trinajstić information content (AvgIpc) is 2.43. The Morgan fingerprint density at radius 2 is 1.85 bits per heavy atom. The van der Waals surface area contributed by atoms with Crippen LogP contribution in [-0.2, 0) is 16.1 Å². The highest BCUT2D eigenvalue weighted by Gasteiger charge is 2.04. The van der Waals surface area contributed by atoms with Crippen molar-refractivity contribution in [2.24, 2.45) is 0 Å². The zero-order valence-electron chi connectivity index (χ0n) is 10.6. The fourth-order valence-electron chi connectivity index (χ4n) is 1.60. The van der Waals surface area contributed by atoms with Gasteiger partial charge in [-0.2, -0.15) is 0 Å². The summed E-state index contributed by atoms with van der Waals surface area (Å²) in [5.74, 6) is -0.195. The second kappa shape index (κ2) is 7.43. The van der Waals surface area contributed by atoms with Gasteiger partial charge in [-0.1, -0.05) is 45.7 Å². The summed E-state index contributed by atoms with van der Waals surface area (Å²) in [6, 6.07) is 14.8. The Bertz CT molecular complexity index is 587. The van der Waals surface area contributed by atoms with Crippen molar-refractivity contribution in [1.29, 1.82) is 0 Å². The van der Waals surface area contributed by atoms with Gasteiger partial charge in [-0.15, -0.1) is 0 Å². The summed E-state index contributed by atoms with van der Waals surface area (Å²) >= 11 is 9.34. The van der Waals surface area contributed by atoms with Gasteiger partial charge in [0, 0.05) is 15.2 Å². The molecule has 2 aromatic rings. The maximum Gasteiger partial charge on any atom is 0.250 e. The van der Waals surface area contributed by atoms with Crippen LogP contribution in [0, 0.1) is 0 Å². The third-order valence-electron chi connectivity index (χ3n) is 2.58. The molecule has 104 valence electrons. The minimum absolute atomic E-state index is 0.0126. The van der Waals surface area contributed by atoms with Crippen molar-refractivity contribution < 1.29 is 9.53 Å². The van der Waals surface area contributed by atoms with E-state index in [0.29, 0.717) is 11.6 Å². The van der Waals surface area contributed by atoms with E-state index in [2.05, 4.69) is 21.2 Å². The van der Waals surface area contributed by atoms with E-state index in [9.17, 15) is 4.79 Å². The normalized spacial score (nSPS) is 10.3. The van der Waals surface area contributed by atoms with E-state index in [1.54, 1.807) is 6.07 Å². The van der Waals surface area contributed by atoms with Gasteiger partial charge in [0.2, 0.25) is 5.91 Å². The van der Waals surface area contributed by atoms with Crippen LogP contribution in [0.2, 0.25) is 5.02 Å². The smallest absolute Gasteiger partial charge is 0.250 e. The van der Waals surface area contributed by atoms with Crippen molar-refractivity contribution in [3.8, 4) is 0 Å². The van der Waals surface area contributed by atoms with Gasteiger partial charge in [0.05, 0.1) is 6.61 Å². The van der Waals surface area contributed by atoms with Gasteiger partial charge in [0.15, 0.2) is 0 Å². The molecule has 0 aliphatic heterocycles. The number of hydrogen-bond donors (Lipinski definition) is 1. The number of ether oxygens (including phenoxy) is 1. The third-order valence-corrected chi connectivity index (χ3v) is 3.47. The molecule has 2 rings (SSSR count). The van der Waals surface area contributed by atoms with E-state index >= 15 is 0 Å². The monoisotopic (exact) mass is 353 g/mol. The molecule has 1 amide bonds. The second-order valence-corrected chi connectivity index (χ2v) is 5.46. The van der Waals surface area contributed by atoms with Crippen LogP contribution in [0.15, 0.2) is 53.0 Å². The number of benzene rings is 2. The molecule has 0 saturated heterocycles. The van der Waals surface area contributed by atoms with Crippen molar-refractivity contribution in [3.05, 3.63) is 63.6 Å². The minimum Gasteiger partial charge on any atom is -0.367 e. The predicted molar refractivity (Wildman–Crippen MR) is 83.9 cm³/mol. The third kappa shape index (κ3) is 4.63. The van der Waals surface area contributed by atoms with Crippen molar-refractivity contribution in [2.45, 2.75) is 6.61 Å². The Kier molecular flexibility index (Phi) is 5.59. The Morgan fingerprint density at radius 1 is 1.15 bits per heavy atom. The van der Waals surface area contributed by atoms with Crippen molar-refractivity contribution in [3.63, 3.8) is 0 Å². The Morgan fingerprint density at radius 3 is 2.55 bits per heavy atom. The molecule has 2 aromatic carbocycles. The number of amides is 1. The molecule has 20 heavy (non-hydrogen) atoms. The molecule has 3 nitrogen and oxygen atoms in total. The summed E-state index contributed by atoms with van der Waals surface area (Å²) in [6.45, 7) is 0.300. The first-order valence-electron chi connectivity index (χ1n) is 6.02. The van der Waals surface area contributed by atoms with Crippen LogP contribution in [0.1, 0.15) is 5.56 Å². The van der Waals surface area contributed by atoms with Crippen LogP contribution >= 0.6 is 27.5 Å².